The van der Waals surface area contributed by atoms with Crippen LogP contribution in [-0.4, -0.2) is 11.4 Å². The molecule has 82 valence electrons. The van der Waals surface area contributed by atoms with Gasteiger partial charge in [-0.15, -0.1) is 12.3 Å². The van der Waals surface area contributed by atoms with E-state index in [0.29, 0.717) is 19.3 Å². The van der Waals surface area contributed by atoms with Crippen LogP contribution in [0.1, 0.15) is 46.5 Å². The van der Waals surface area contributed by atoms with Gasteiger partial charge in [-0.3, -0.25) is 4.79 Å². The molecule has 0 unspecified atom stereocenters. The molecule has 1 aliphatic heterocycles. The summed E-state index contributed by atoms with van der Waals surface area (Å²) in [4.78, 5) is 11.7. The standard InChI is InChI=1S/C12H18N2O/c1-5-6-8-12(13-14-12)9-7-10(15)11(2,3)4/h1H,6-9H2,2-4H3. The number of carbonyl (C=O) groups excluding carboxylic acids is 1. The van der Waals surface area contributed by atoms with Crippen LogP contribution in [0.25, 0.3) is 0 Å². The maximum Gasteiger partial charge on any atom is 0.192 e. The molecule has 1 rings (SSSR count). The normalized spacial score (nSPS) is 17.2. The Kier molecular flexibility index (Phi) is 3.28. The second kappa shape index (κ2) is 4.14. The second-order valence-corrected chi connectivity index (χ2v) is 5.06. The maximum atomic E-state index is 11.7. The Hall–Kier alpha value is -1.17. The third kappa shape index (κ3) is 3.47. The van der Waals surface area contributed by atoms with Gasteiger partial charge in [-0.1, -0.05) is 20.8 Å². The van der Waals surface area contributed by atoms with Gasteiger partial charge in [0.1, 0.15) is 5.78 Å². The van der Waals surface area contributed by atoms with Gasteiger partial charge in [0.05, 0.1) is 0 Å². The Morgan fingerprint density at radius 2 is 1.93 bits per heavy atom. The molecule has 1 heterocycles. The van der Waals surface area contributed by atoms with Crippen LogP contribution >= 0.6 is 0 Å². The van der Waals surface area contributed by atoms with Crippen molar-refractivity contribution in [3.63, 3.8) is 0 Å². The molecular formula is C12H18N2O. The van der Waals surface area contributed by atoms with Crippen LogP contribution < -0.4 is 0 Å². The van der Waals surface area contributed by atoms with Gasteiger partial charge in [-0.05, 0) is 0 Å². The SMILES string of the molecule is C#CCCC1(CCC(=O)C(C)(C)C)N=N1. The molecule has 0 saturated carbocycles. The molecule has 3 nitrogen and oxygen atoms in total. The zero-order valence-corrected chi connectivity index (χ0v) is 9.71. The smallest absolute Gasteiger partial charge is 0.192 e. The molecule has 0 spiro atoms. The topological polar surface area (TPSA) is 41.8 Å². The van der Waals surface area contributed by atoms with E-state index >= 15 is 0 Å². The van der Waals surface area contributed by atoms with E-state index in [0.717, 1.165) is 6.42 Å². The lowest BCUT2D eigenvalue weighted by atomic mass is 9.86. The predicted octanol–water partition coefficient (Wildman–Crippen LogP) is 2.96. The van der Waals surface area contributed by atoms with Crippen LogP contribution in [0.2, 0.25) is 0 Å². The Morgan fingerprint density at radius 1 is 1.33 bits per heavy atom. The molecule has 0 aliphatic carbocycles. The van der Waals surface area contributed by atoms with Crippen LogP contribution in [0, 0.1) is 17.8 Å². The molecule has 1 aliphatic rings. The van der Waals surface area contributed by atoms with Crippen molar-refractivity contribution in [3.05, 3.63) is 0 Å². The average Bonchev–Trinajstić information content (AvgIpc) is 2.90. The summed E-state index contributed by atoms with van der Waals surface area (Å²) < 4.78 is 0. The Morgan fingerprint density at radius 3 is 2.33 bits per heavy atom. The highest BCUT2D eigenvalue weighted by atomic mass is 16.1. The lowest BCUT2D eigenvalue weighted by Crippen LogP contribution is -2.22. The molecule has 0 saturated heterocycles. The number of ketones is 1. The number of nitrogens with zero attached hydrogens (tertiary/aromatic N) is 2. The minimum absolute atomic E-state index is 0.262. The molecule has 0 atom stereocenters. The zero-order valence-electron chi connectivity index (χ0n) is 9.71. The van der Waals surface area contributed by atoms with E-state index in [1.54, 1.807) is 0 Å². The summed E-state index contributed by atoms with van der Waals surface area (Å²) in [5.41, 5.74) is -0.574. The number of Topliss-reactive ketones (excluding diaryl/α,β-unsaturated/α-hetero) is 1. The Balaban J connectivity index is 2.32. The zero-order chi connectivity index (χ0) is 11.5. The molecule has 0 aromatic carbocycles. The second-order valence-electron chi connectivity index (χ2n) is 5.06. The molecule has 0 amide bonds. The highest BCUT2D eigenvalue weighted by Gasteiger charge is 2.40. The third-order valence-corrected chi connectivity index (χ3v) is 2.64. The monoisotopic (exact) mass is 206 g/mol. The molecule has 15 heavy (non-hydrogen) atoms. The molecule has 0 fully saturated rings. The molecule has 0 aromatic rings. The molecule has 0 bridgehead atoms. The number of hydrogen-bond acceptors (Lipinski definition) is 3. The first-order valence-electron chi connectivity index (χ1n) is 5.30. The number of terminal acetylenes is 1. The molecule has 0 radical (unpaired) electrons. The molecule has 0 N–H and O–H groups in total. The number of carbonyl (C=O) groups is 1. The van der Waals surface area contributed by atoms with Crippen molar-refractivity contribution >= 4 is 5.78 Å². The third-order valence-electron chi connectivity index (χ3n) is 2.64. The first kappa shape index (κ1) is 11.9. The fourth-order valence-corrected chi connectivity index (χ4v) is 1.36. The summed E-state index contributed by atoms with van der Waals surface area (Å²) in [6, 6.07) is 0. The van der Waals surface area contributed by atoms with Gasteiger partial charge in [0.25, 0.3) is 0 Å². The van der Waals surface area contributed by atoms with Gasteiger partial charge in [0.15, 0.2) is 5.66 Å². The summed E-state index contributed by atoms with van der Waals surface area (Å²) in [5.74, 6) is 2.84. The van der Waals surface area contributed by atoms with Gasteiger partial charge >= 0.3 is 0 Å². The van der Waals surface area contributed by atoms with Gasteiger partial charge in [-0.2, -0.15) is 10.2 Å². The summed E-state index contributed by atoms with van der Waals surface area (Å²) in [6.07, 6.45) is 7.90. The highest BCUT2D eigenvalue weighted by Crippen LogP contribution is 2.38. The van der Waals surface area contributed by atoms with E-state index < -0.39 is 0 Å². The van der Waals surface area contributed by atoms with Gasteiger partial charge < -0.3 is 0 Å². The van der Waals surface area contributed by atoms with E-state index in [4.69, 9.17) is 6.42 Å². The molecule has 3 heteroatoms. The summed E-state index contributed by atoms with van der Waals surface area (Å²) in [6.45, 7) is 5.81. The fraction of sp³-hybridized carbons (Fsp3) is 0.750. The Bertz CT molecular complexity index is 311. The van der Waals surface area contributed by atoms with E-state index in [2.05, 4.69) is 16.1 Å². The predicted molar refractivity (Wildman–Crippen MR) is 59.4 cm³/mol. The maximum absolute atomic E-state index is 11.7. The van der Waals surface area contributed by atoms with E-state index in [1.165, 1.54) is 0 Å². The molecular weight excluding hydrogens is 188 g/mol. The first-order chi connectivity index (χ1) is 6.90. The summed E-state index contributed by atoms with van der Waals surface area (Å²) in [5, 5.41) is 8.01. The Labute approximate surface area is 91.4 Å². The summed E-state index contributed by atoms with van der Waals surface area (Å²) >= 11 is 0. The van der Waals surface area contributed by atoms with Crippen molar-refractivity contribution in [2.24, 2.45) is 15.6 Å². The van der Waals surface area contributed by atoms with Crippen molar-refractivity contribution in [2.75, 3.05) is 0 Å². The van der Waals surface area contributed by atoms with Gasteiger partial charge in [0, 0.05) is 31.1 Å². The van der Waals surface area contributed by atoms with E-state index in [-0.39, 0.29) is 16.9 Å². The summed E-state index contributed by atoms with van der Waals surface area (Å²) in [7, 11) is 0. The van der Waals surface area contributed by atoms with Crippen LogP contribution in [-0.2, 0) is 4.79 Å². The van der Waals surface area contributed by atoms with Crippen LogP contribution in [0.4, 0.5) is 0 Å². The average molecular weight is 206 g/mol. The number of rotatable bonds is 5. The van der Waals surface area contributed by atoms with E-state index in [9.17, 15) is 4.79 Å². The molecule has 0 aromatic heterocycles. The van der Waals surface area contributed by atoms with E-state index in [1.807, 2.05) is 20.8 Å². The van der Waals surface area contributed by atoms with Crippen molar-refractivity contribution in [1.29, 1.82) is 0 Å². The highest BCUT2D eigenvalue weighted by molar-refractivity contribution is 5.83. The minimum atomic E-state index is -0.312. The largest absolute Gasteiger partial charge is 0.299 e. The lowest BCUT2D eigenvalue weighted by molar-refractivity contribution is -0.126. The van der Waals surface area contributed by atoms with Crippen LogP contribution in [0.5, 0.6) is 0 Å². The first-order valence-corrected chi connectivity index (χ1v) is 5.30. The van der Waals surface area contributed by atoms with Crippen molar-refractivity contribution in [3.8, 4) is 12.3 Å². The van der Waals surface area contributed by atoms with Crippen molar-refractivity contribution in [2.45, 2.75) is 52.1 Å². The van der Waals surface area contributed by atoms with Gasteiger partial charge in [-0.25, -0.2) is 0 Å². The quantitative estimate of drug-likeness (QED) is 0.637. The van der Waals surface area contributed by atoms with Crippen molar-refractivity contribution in [1.82, 2.24) is 0 Å². The van der Waals surface area contributed by atoms with Crippen LogP contribution in [0.15, 0.2) is 10.2 Å². The fourth-order valence-electron chi connectivity index (χ4n) is 1.36. The van der Waals surface area contributed by atoms with Crippen LogP contribution in [0.3, 0.4) is 0 Å². The van der Waals surface area contributed by atoms with Gasteiger partial charge in [0.2, 0.25) is 0 Å². The van der Waals surface area contributed by atoms with Crippen molar-refractivity contribution < 1.29 is 4.79 Å². The minimum Gasteiger partial charge on any atom is -0.299 e. The number of hydrogen-bond donors (Lipinski definition) is 0. The lowest BCUT2D eigenvalue weighted by Gasteiger charge is -2.17.